The second-order valence-electron chi connectivity index (χ2n) is 3.97. The van der Waals surface area contributed by atoms with Crippen LogP contribution >= 0.6 is 22.6 Å². The van der Waals surface area contributed by atoms with Crippen LogP contribution in [-0.2, 0) is 9.84 Å². The van der Waals surface area contributed by atoms with E-state index in [1.807, 2.05) is 12.1 Å². The highest BCUT2D eigenvalue weighted by Gasteiger charge is 2.14. The van der Waals surface area contributed by atoms with E-state index in [0.717, 1.165) is 9.83 Å². The molecule has 0 heterocycles. The Labute approximate surface area is 115 Å². The monoisotopic (exact) mass is 367 g/mol. The summed E-state index contributed by atoms with van der Waals surface area (Å²) in [5, 5.41) is 2.65. The lowest BCUT2D eigenvalue weighted by atomic mass is 10.2. The predicted molar refractivity (Wildman–Crippen MR) is 75.8 cm³/mol. The molecule has 6 heteroatoms. The summed E-state index contributed by atoms with van der Waals surface area (Å²) in [6, 6.07) is 6.69. The van der Waals surface area contributed by atoms with E-state index in [0.29, 0.717) is 5.56 Å². The van der Waals surface area contributed by atoms with Crippen LogP contribution in [0.1, 0.15) is 17.3 Å². The molecule has 94 valence electrons. The Morgan fingerprint density at radius 2 is 1.88 bits per heavy atom. The number of carbonyl (C=O) groups excluding carboxylic acids is 1. The molecule has 0 saturated carbocycles. The minimum absolute atomic E-state index is 0.0525. The first kappa shape index (κ1) is 14.4. The van der Waals surface area contributed by atoms with Gasteiger partial charge in [0.1, 0.15) is 9.84 Å². The fraction of sp³-hybridized carbons (Fsp3) is 0.364. The van der Waals surface area contributed by atoms with Crippen LogP contribution in [0.15, 0.2) is 24.3 Å². The van der Waals surface area contributed by atoms with Gasteiger partial charge in [0.05, 0.1) is 5.75 Å². The molecule has 0 bridgehead atoms. The lowest BCUT2D eigenvalue weighted by molar-refractivity contribution is 0.0943. The molecular formula is C11H14INO3S. The zero-order valence-corrected chi connectivity index (χ0v) is 12.6. The summed E-state index contributed by atoms with van der Waals surface area (Å²) in [7, 11) is -3.07. The average Bonchev–Trinajstić information content (AvgIpc) is 2.15. The summed E-state index contributed by atoms with van der Waals surface area (Å²) in [6.07, 6.45) is 1.15. The normalized spacial score (nSPS) is 13.1. The molecule has 1 N–H and O–H groups in total. The molecule has 0 saturated heterocycles. The first-order chi connectivity index (χ1) is 7.78. The molecule has 17 heavy (non-hydrogen) atoms. The zero-order chi connectivity index (χ0) is 13.1. The third-order valence-corrected chi connectivity index (χ3v) is 3.86. The van der Waals surface area contributed by atoms with Crippen molar-refractivity contribution in [2.75, 3.05) is 12.0 Å². The van der Waals surface area contributed by atoms with Crippen molar-refractivity contribution in [2.45, 2.75) is 13.0 Å². The topological polar surface area (TPSA) is 63.2 Å². The van der Waals surface area contributed by atoms with Gasteiger partial charge in [-0.15, -0.1) is 0 Å². The fourth-order valence-corrected chi connectivity index (χ4v) is 2.76. The molecule has 1 amide bonds. The van der Waals surface area contributed by atoms with Gasteiger partial charge in [0.25, 0.3) is 5.91 Å². The summed E-state index contributed by atoms with van der Waals surface area (Å²) in [4.78, 5) is 11.7. The second-order valence-corrected chi connectivity index (χ2v) is 7.40. The Balaban J connectivity index is 2.63. The maximum Gasteiger partial charge on any atom is 0.251 e. The molecule has 0 aliphatic carbocycles. The Bertz CT molecular complexity index is 496. The molecule has 4 nitrogen and oxygen atoms in total. The van der Waals surface area contributed by atoms with E-state index in [1.165, 1.54) is 0 Å². The van der Waals surface area contributed by atoms with E-state index >= 15 is 0 Å². The van der Waals surface area contributed by atoms with Crippen molar-refractivity contribution in [3.63, 3.8) is 0 Å². The maximum absolute atomic E-state index is 11.7. The van der Waals surface area contributed by atoms with Crippen molar-refractivity contribution in [1.82, 2.24) is 5.32 Å². The van der Waals surface area contributed by atoms with Crippen LogP contribution in [0.5, 0.6) is 0 Å². The molecule has 0 radical (unpaired) electrons. The number of rotatable bonds is 4. The predicted octanol–water partition coefficient (Wildman–Crippen LogP) is 1.45. The van der Waals surface area contributed by atoms with Crippen molar-refractivity contribution in [3.8, 4) is 0 Å². The first-order valence-electron chi connectivity index (χ1n) is 5.02. The van der Waals surface area contributed by atoms with Crippen LogP contribution in [0, 0.1) is 3.57 Å². The Hall–Kier alpha value is -0.630. The van der Waals surface area contributed by atoms with E-state index in [1.54, 1.807) is 19.1 Å². The van der Waals surface area contributed by atoms with Crippen LogP contribution in [-0.4, -0.2) is 32.4 Å². The van der Waals surface area contributed by atoms with E-state index < -0.39 is 15.9 Å². The van der Waals surface area contributed by atoms with Gasteiger partial charge in [0, 0.05) is 21.4 Å². The van der Waals surface area contributed by atoms with E-state index in [9.17, 15) is 13.2 Å². The minimum atomic E-state index is -3.07. The van der Waals surface area contributed by atoms with Gasteiger partial charge in [-0.25, -0.2) is 8.42 Å². The van der Waals surface area contributed by atoms with Gasteiger partial charge < -0.3 is 5.32 Å². The van der Waals surface area contributed by atoms with Gasteiger partial charge in [0.15, 0.2) is 0 Å². The number of amides is 1. The second kappa shape index (κ2) is 5.81. The van der Waals surface area contributed by atoms with E-state index in [2.05, 4.69) is 27.9 Å². The van der Waals surface area contributed by atoms with Gasteiger partial charge in [0.2, 0.25) is 0 Å². The van der Waals surface area contributed by atoms with Crippen molar-refractivity contribution in [3.05, 3.63) is 33.4 Å². The average molecular weight is 367 g/mol. The van der Waals surface area contributed by atoms with Gasteiger partial charge in [-0.3, -0.25) is 4.79 Å². The molecule has 0 spiro atoms. The smallest absolute Gasteiger partial charge is 0.251 e. The highest BCUT2D eigenvalue weighted by Crippen LogP contribution is 2.07. The van der Waals surface area contributed by atoms with E-state index in [-0.39, 0.29) is 11.7 Å². The zero-order valence-electron chi connectivity index (χ0n) is 9.60. The maximum atomic E-state index is 11.7. The number of benzene rings is 1. The minimum Gasteiger partial charge on any atom is -0.349 e. The van der Waals surface area contributed by atoms with Crippen molar-refractivity contribution in [2.24, 2.45) is 0 Å². The van der Waals surface area contributed by atoms with Gasteiger partial charge in [-0.2, -0.15) is 0 Å². The van der Waals surface area contributed by atoms with Gasteiger partial charge in [-0.1, -0.05) is 0 Å². The van der Waals surface area contributed by atoms with Gasteiger partial charge >= 0.3 is 0 Å². The summed E-state index contributed by atoms with van der Waals surface area (Å²) >= 11 is 2.15. The quantitative estimate of drug-likeness (QED) is 0.820. The fourth-order valence-electron chi connectivity index (χ4n) is 1.40. The van der Waals surface area contributed by atoms with Crippen LogP contribution in [0.25, 0.3) is 0 Å². The Morgan fingerprint density at radius 1 is 1.35 bits per heavy atom. The van der Waals surface area contributed by atoms with Crippen molar-refractivity contribution >= 4 is 38.3 Å². The lowest BCUT2D eigenvalue weighted by Gasteiger charge is -2.12. The number of nitrogens with one attached hydrogen (secondary N) is 1. The van der Waals surface area contributed by atoms with E-state index in [4.69, 9.17) is 0 Å². The third-order valence-electron chi connectivity index (χ3n) is 2.04. The van der Waals surface area contributed by atoms with Crippen LogP contribution < -0.4 is 5.32 Å². The summed E-state index contributed by atoms with van der Waals surface area (Å²) < 4.78 is 23.1. The van der Waals surface area contributed by atoms with Crippen LogP contribution in [0.2, 0.25) is 0 Å². The largest absolute Gasteiger partial charge is 0.349 e. The molecule has 0 aromatic heterocycles. The summed E-state index contributed by atoms with van der Waals surface area (Å²) in [5.74, 6) is -0.305. The SMILES string of the molecule is CC(CS(C)(=O)=O)NC(=O)c1ccc(I)cc1. The molecule has 1 aromatic carbocycles. The molecule has 1 aromatic rings. The molecule has 0 fully saturated rings. The van der Waals surface area contributed by atoms with Crippen LogP contribution in [0.3, 0.4) is 0 Å². The molecular weight excluding hydrogens is 353 g/mol. The standard InChI is InChI=1S/C11H14INO3S/c1-8(7-17(2,15)16)13-11(14)9-3-5-10(12)6-4-9/h3-6,8H,7H2,1-2H3,(H,13,14). The third kappa shape index (κ3) is 5.49. The lowest BCUT2D eigenvalue weighted by Crippen LogP contribution is -2.37. The molecule has 1 atom stereocenters. The highest BCUT2D eigenvalue weighted by molar-refractivity contribution is 14.1. The molecule has 0 aliphatic rings. The Morgan fingerprint density at radius 3 is 2.35 bits per heavy atom. The number of hydrogen-bond donors (Lipinski definition) is 1. The number of halogens is 1. The molecule has 1 rings (SSSR count). The number of hydrogen-bond acceptors (Lipinski definition) is 3. The molecule has 0 aliphatic heterocycles. The van der Waals surface area contributed by atoms with Crippen molar-refractivity contribution in [1.29, 1.82) is 0 Å². The summed E-state index contributed by atoms with van der Waals surface area (Å²) in [5.41, 5.74) is 0.533. The highest BCUT2D eigenvalue weighted by atomic mass is 127. The first-order valence-corrected chi connectivity index (χ1v) is 8.16. The summed E-state index contributed by atoms with van der Waals surface area (Å²) in [6.45, 7) is 1.67. The number of sulfone groups is 1. The Kier molecular flexibility index (Phi) is 4.93. The van der Waals surface area contributed by atoms with Crippen molar-refractivity contribution < 1.29 is 13.2 Å². The number of carbonyl (C=O) groups is 1. The molecule has 1 unspecified atom stereocenters. The van der Waals surface area contributed by atoms with Crippen LogP contribution in [0.4, 0.5) is 0 Å². The van der Waals surface area contributed by atoms with Gasteiger partial charge in [-0.05, 0) is 53.8 Å².